The van der Waals surface area contributed by atoms with E-state index in [2.05, 4.69) is 21.6 Å². The first-order chi connectivity index (χ1) is 6.93. The molecule has 0 atom stereocenters. The summed E-state index contributed by atoms with van der Waals surface area (Å²) in [5.41, 5.74) is 1.10. The fourth-order valence-electron chi connectivity index (χ4n) is 1.66. The quantitative estimate of drug-likeness (QED) is 0.774. The van der Waals surface area contributed by atoms with Gasteiger partial charge in [-0.1, -0.05) is 12.1 Å². The van der Waals surface area contributed by atoms with E-state index in [1.807, 2.05) is 18.2 Å². The van der Waals surface area contributed by atoms with Crippen molar-refractivity contribution in [2.75, 3.05) is 11.9 Å². The molecular weight excluding hydrogens is 174 g/mol. The van der Waals surface area contributed by atoms with Crippen LogP contribution in [0, 0.1) is 5.92 Å². The summed E-state index contributed by atoms with van der Waals surface area (Å²) in [6.07, 6.45) is 2.74. The van der Waals surface area contributed by atoms with Gasteiger partial charge in [-0.25, -0.2) is 0 Å². The molecule has 0 spiro atoms. The van der Waals surface area contributed by atoms with Gasteiger partial charge in [-0.05, 0) is 30.9 Å². The fourth-order valence-corrected chi connectivity index (χ4v) is 1.66. The van der Waals surface area contributed by atoms with Gasteiger partial charge in [-0.15, -0.1) is 0 Å². The molecule has 0 amide bonds. The molecule has 1 heterocycles. The summed E-state index contributed by atoms with van der Waals surface area (Å²) in [6, 6.07) is 8.20. The van der Waals surface area contributed by atoms with Gasteiger partial charge in [0.1, 0.15) is 0 Å². The summed E-state index contributed by atoms with van der Waals surface area (Å²) in [5, 5.41) is 11.9. The van der Waals surface area contributed by atoms with Gasteiger partial charge in [-0.3, -0.25) is 5.10 Å². The normalized spacial score (nSPS) is 16.0. The minimum absolute atomic E-state index is 0.880. The second-order valence-corrected chi connectivity index (χ2v) is 3.94. The van der Waals surface area contributed by atoms with E-state index in [0.717, 1.165) is 23.8 Å². The van der Waals surface area contributed by atoms with Crippen molar-refractivity contribution in [1.82, 2.24) is 10.2 Å². The number of para-hydroxylation sites is 1. The maximum atomic E-state index is 4.26. The molecule has 1 aromatic carbocycles. The van der Waals surface area contributed by atoms with Crippen LogP contribution >= 0.6 is 0 Å². The van der Waals surface area contributed by atoms with Crippen molar-refractivity contribution in [1.29, 1.82) is 0 Å². The lowest BCUT2D eigenvalue weighted by molar-refractivity contribution is 0.881. The molecule has 1 fully saturated rings. The van der Waals surface area contributed by atoms with Gasteiger partial charge in [0, 0.05) is 11.9 Å². The molecule has 14 heavy (non-hydrogen) atoms. The number of fused-ring (bicyclic) bond motifs is 1. The van der Waals surface area contributed by atoms with Crippen LogP contribution in [0.25, 0.3) is 10.9 Å². The number of hydrogen-bond acceptors (Lipinski definition) is 2. The van der Waals surface area contributed by atoms with Crippen molar-refractivity contribution < 1.29 is 0 Å². The highest BCUT2D eigenvalue weighted by Crippen LogP contribution is 2.29. The third kappa shape index (κ3) is 1.35. The van der Waals surface area contributed by atoms with Crippen LogP contribution in [0.3, 0.4) is 0 Å². The molecule has 3 nitrogen and oxygen atoms in total. The van der Waals surface area contributed by atoms with Gasteiger partial charge in [0.25, 0.3) is 0 Å². The topological polar surface area (TPSA) is 40.7 Å². The lowest BCUT2D eigenvalue weighted by Gasteiger charge is -2.00. The Balaban J connectivity index is 1.87. The zero-order chi connectivity index (χ0) is 9.38. The summed E-state index contributed by atoms with van der Waals surface area (Å²) >= 11 is 0. The molecule has 3 heteroatoms. The van der Waals surface area contributed by atoms with E-state index in [1.165, 1.54) is 18.2 Å². The zero-order valence-electron chi connectivity index (χ0n) is 7.96. The monoisotopic (exact) mass is 187 g/mol. The Bertz CT molecular complexity index is 442. The SMILES string of the molecule is c1ccc2c(NCC3CC3)n[nH]c2c1. The molecule has 0 unspecified atom stereocenters. The highest BCUT2D eigenvalue weighted by Gasteiger charge is 2.21. The van der Waals surface area contributed by atoms with Crippen molar-refractivity contribution in [3.63, 3.8) is 0 Å². The second-order valence-electron chi connectivity index (χ2n) is 3.94. The molecule has 1 aliphatic rings. The third-order valence-electron chi connectivity index (χ3n) is 2.73. The molecule has 0 aliphatic heterocycles. The lowest BCUT2D eigenvalue weighted by atomic mass is 10.2. The Morgan fingerprint density at radius 2 is 2.21 bits per heavy atom. The van der Waals surface area contributed by atoms with E-state index in [1.54, 1.807) is 0 Å². The van der Waals surface area contributed by atoms with Gasteiger partial charge >= 0.3 is 0 Å². The van der Waals surface area contributed by atoms with E-state index < -0.39 is 0 Å². The first kappa shape index (κ1) is 7.85. The highest BCUT2D eigenvalue weighted by molar-refractivity contribution is 5.89. The number of nitrogens with one attached hydrogen (secondary N) is 2. The highest BCUT2D eigenvalue weighted by atomic mass is 15.2. The largest absolute Gasteiger partial charge is 0.368 e. The predicted molar refractivity (Wildman–Crippen MR) is 57.3 cm³/mol. The van der Waals surface area contributed by atoms with Gasteiger partial charge in [0.15, 0.2) is 5.82 Å². The van der Waals surface area contributed by atoms with E-state index in [-0.39, 0.29) is 0 Å². The molecule has 0 bridgehead atoms. The average Bonchev–Trinajstić information content (AvgIpc) is 2.96. The smallest absolute Gasteiger partial charge is 0.155 e. The van der Waals surface area contributed by atoms with Crippen molar-refractivity contribution in [2.24, 2.45) is 5.92 Å². The molecule has 0 saturated heterocycles. The van der Waals surface area contributed by atoms with Crippen molar-refractivity contribution in [3.05, 3.63) is 24.3 Å². The standard InChI is InChI=1S/C11H13N3/c1-2-4-10-9(3-1)11(14-13-10)12-7-8-5-6-8/h1-4,8H,5-7H2,(H2,12,13,14). The average molecular weight is 187 g/mol. The number of aromatic amines is 1. The molecule has 1 aromatic heterocycles. The van der Waals surface area contributed by atoms with Gasteiger partial charge < -0.3 is 5.32 Å². The van der Waals surface area contributed by atoms with Gasteiger partial charge in [0.2, 0.25) is 0 Å². The molecule has 0 radical (unpaired) electrons. The van der Waals surface area contributed by atoms with Crippen molar-refractivity contribution in [3.8, 4) is 0 Å². The predicted octanol–water partition coefficient (Wildman–Crippen LogP) is 2.38. The van der Waals surface area contributed by atoms with Crippen LogP contribution in [-0.2, 0) is 0 Å². The first-order valence-electron chi connectivity index (χ1n) is 5.10. The summed E-state index contributed by atoms with van der Waals surface area (Å²) in [7, 11) is 0. The zero-order valence-corrected chi connectivity index (χ0v) is 7.96. The molecule has 72 valence electrons. The van der Waals surface area contributed by atoms with Gasteiger partial charge in [0.05, 0.1) is 5.52 Å². The van der Waals surface area contributed by atoms with Crippen LogP contribution < -0.4 is 5.32 Å². The summed E-state index contributed by atoms with van der Waals surface area (Å²) in [6.45, 7) is 1.06. The maximum Gasteiger partial charge on any atom is 0.155 e. The number of nitrogens with zero attached hydrogens (tertiary/aromatic N) is 1. The van der Waals surface area contributed by atoms with Crippen LogP contribution in [0.4, 0.5) is 5.82 Å². The van der Waals surface area contributed by atoms with E-state index in [4.69, 9.17) is 0 Å². The number of anilines is 1. The van der Waals surface area contributed by atoms with Crippen molar-refractivity contribution in [2.45, 2.75) is 12.8 Å². The number of hydrogen-bond donors (Lipinski definition) is 2. The molecule has 1 saturated carbocycles. The number of benzene rings is 1. The molecule has 2 N–H and O–H groups in total. The summed E-state index contributed by atoms with van der Waals surface area (Å²) < 4.78 is 0. The number of aromatic nitrogens is 2. The van der Waals surface area contributed by atoms with Crippen LogP contribution in [0.1, 0.15) is 12.8 Å². The first-order valence-corrected chi connectivity index (χ1v) is 5.10. The Hall–Kier alpha value is -1.51. The minimum atomic E-state index is 0.880. The van der Waals surface area contributed by atoms with Crippen LogP contribution in [-0.4, -0.2) is 16.7 Å². The minimum Gasteiger partial charge on any atom is -0.368 e. The number of H-pyrrole nitrogens is 1. The maximum absolute atomic E-state index is 4.26. The van der Waals surface area contributed by atoms with Gasteiger partial charge in [-0.2, -0.15) is 5.10 Å². The Labute approximate surface area is 82.5 Å². The molecule has 2 aromatic rings. The molecule has 3 rings (SSSR count). The van der Waals surface area contributed by atoms with Crippen LogP contribution in [0.2, 0.25) is 0 Å². The molecular formula is C11H13N3. The molecule has 1 aliphatic carbocycles. The third-order valence-corrected chi connectivity index (χ3v) is 2.73. The summed E-state index contributed by atoms with van der Waals surface area (Å²) in [5.74, 6) is 1.87. The lowest BCUT2D eigenvalue weighted by Crippen LogP contribution is -2.03. The Morgan fingerprint density at radius 1 is 1.36 bits per heavy atom. The second kappa shape index (κ2) is 3.01. The Morgan fingerprint density at radius 3 is 3.07 bits per heavy atom. The van der Waals surface area contributed by atoms with E-state index in [0.29, 0.717) is 0 Å². The van der Waals surface area contributed by atoms with E-state index >= 15 is 0 Å². The van der Waals surface area contributed by atoms with Crippen molar-refractivity contribution >= 4 is 16.7 Å². The fraction of sp³-hybridized carbons (Fsp3) is 0.364. The van der Waals surface area contributed by atoms with Crippen LogP contribution in [0.15, 0.2) is 24.3 Å². The Kier molecular flexibility index (Phi) is 1.69. The van der Waals surface area contributed by atoms with Crippen LogP contribution in [0.5, 0.6) is 0 Å². The van der Waals surface area contributed by atoms with E-state index in [9.17, 15) is 0 Å². The number of rotatable bonds is 3. The summed E-state index contributed by atoms with van der Waals surface area (Å²) in [4.78, 5) is 0.